The Kier molecular flexibility index (Phi) is 5.86. The first-order chi connectivity index (χ1) is 16.8. The first-order valence-electron chi connectivity index (χ1n) is 11.8. The topological polar surface area (TPSA) is 71.3 Å². The lowest BCUT2D eigenvalue weighted by Gasteiger charge is -2.39. The second-order valence-electron chi connectivity index (χ2n) is 9.58. The molecule has 3 aromatic rings. The van der Waals surface area contributed by atoms with Crippen LogP contribution >= 0.6 is 0 Å². The van der Waals surface area contributed by atoms with Gasteiger partial charge in [-0.15, -0.1) is 5.10 Å². The molecule has 1 aromatic heterocycles. The summed E-state index contributed by atoms with van der Waals surface area (Å²) in [7, 11) is 0. The fraction of sp³-hybridized carbons (Fsp3) is 0.385. The summed E-state index contributed by atoms with van der Waals surface area (Å²) in [5.41, 5.74) is 1.34. The zero-order valence-electron chi connectivity index (χ0n) is 19.8. The smallest absolute Gasteiger partial charge is 0.276 e. The Balaban J connectivity index is 1.25. The van der Waals surface area contributed by atoms with E-state index in [9.17, 15) is 18.4 Å². The Morgan fingerprint density at radius 1 is 0.857 bits per heavy atom. The van der Waals surface area contributed by atoms with E-state index in [0.29, 0.717) is 50.4 Å². The molecule has 0 bridgehead atoms. The van der Waals surface area contributed by atoms with Crippen molar-refractivity contribution in [1.29, 1.82) is 0 Å². The second-order valence-corrected chi connectivity index (χ2v) is 9.58. The number of likely N-dealkylation sites (tertiary alicyclic amines) is 2. The average Bonchev–Trinajstić information content (AvgIpc) is 3.46. The Bertz CT molecular complexity index is 1280. The van der Waals surface area contributed by atoms with Gasteiger partial charge in [-0.3, -0.25) is 9.59 Å². The Labute approximate surface area is 202 Å². The molecule has 182 valence electrons. The summed E-state index contributed by atoms with van der Waals surface area (Å²) in [5, 5.41) is 8.85. The van der Waals surface area contributed by atoms with Crippen LogP contribution in [0.4, 0.5) is 8.78 Å². The van der Waals surface area contributed by atoms with Crippen LogP contribution in [0, 0.1) is 30.9 Å². The molecule has 2 aromatic carbocycles. The van der Waals surface area contributed by atoms with Crippen LogP contribution in [-0.4, -0.2) is 62.8 Å². The van der Waals surface area contributed by atoms with Crippen LogP contribution in [0.3, 0.4) is 0 Å². The molecule has 2 aliphatic heterocycles. The van der Waals surface area contributed by atoms with Crippen LogP contribution in [0.2, 0.25) is 0 Å². The number of benzene rings is 2. The zero-order chi connectivity index (χ0) is 24.7. The van der Waals surface area contributed by atoms with E-state index >= 15 is 0 Å². The van der Waals surface area contributed by atoms with Crippen LogP contribution in [0.5, 0.6) is 0 Å². The van der Waals surface area contributed by atoms with E-state index in [2.05, 4.69) is 10.2 Å². The van der Waals surface area contributed by atoms with Gasteiger partial charge in [0.15, 0.2) is 5.69 Å². The molecule has 7 nitrogen and oxygen atoms in total. The molecule has 0 atom stereocenters. The van der Waals surface area contributed by atoms with Crippen molar-refractivity contribution in [1.82, 2.24) is 24.8 Å². The van der Waals surface area contributed by atoms with Crippen molar-refractivity contribution in [3.8, 4) is 5.69 Å². The first-order valence-corrected chi connectivity index (χ1v) is 11.8. The molecule has 2 amide bonds. The summed E-state index contributed by atoms with van der Waals surface area (Å²) in [4.78, 5) is 30.9. The summed E-state index contributed by atoms with van der Waals surface area (Å²) < 4.78 is 28.7. The van der Waals surface area contributed by atoms with E-state index in [0.717, 1.165) is 18.2 Å². The van der Waals surface area contributed by atoms with E-state index in [1.54, 1.807) is 6.92 Å². The minimum atomic E-state index is -0.838. The van der Waals surface area contributed by atoms with Crippen LogP contribution in [0.1, 0.15) is 51.4 Å². The fourth-order valence-corrected chi connectivity index (χ4v) is 5.11. The largest absolute Gasteiger partial charge is 0.338 e. The number of nitrogens with zero attached hydrogens (tertiary/aromatic N) is 5. The number of carbonyl (C=O) groups is 2. The highest BCUT2D eigenvalue weighted by molar-refractivity contribution is 5.95. The molecule has 1 spiro atoms. The lowest BCUT2D eigenvalue weighted by molar-refractivity contribution is 0.0556. The summed E-state index contributed by atoms with van der Waals surface area (Å²) in [6, 6.07) is 11.9. The van der Waals surface area contributed by atoms with Gasteiger partial charge in [0.2, 0.25) is 0 Å². The highest BCUT2D eigenvalue weighted by Crippen LogP contribution is 2.41. The van der Waals surface area contributed by atoms with Crippen molar-refractivity contribution in [2.75, 3.05) is 26.2 Å². The Morgan fingerprint density at radius 2 is 1.51 bits per heavy atom. The minimum absolute atomic E-state index is 0.112. The average molecular weight is 480 g/mol. The van der Waals surface area contributed by atoms with E-state index < -0.39 is 23.1 Å². The van der Waals surface area contributed by atoms with Crippen LogP contribution < -0.4 is 0 Å². The Morgan fingerprint density at radius 3 is 2.20 bits per heavy atom. The van der Waals surface area contributed by atoms with Gasteiger partial charge in [-0.2, -0.15) is 9.90 Å². The first kappa shape index (κ1) is 23.1. The number of halogens is 2. The number of piperidine rings is 1. The normalized spacial score (nSPS) is 17.3. The molecule has 2 aliphatic rings. The molecule has 2 fully saturated rings. The van der Waals surface area contributed by atoms with Gasteiger partial charge in [-0.1, -0.05) is 24.3 Å². The van der Waals surface area contributed by atoms with Crippen LogP contribution in [0.15, 0.2) is 42.5 Å². The number of hydrogen-bond acceptors (Lipinski definition) is 4. The molecule has 0 aliphatic carbocycles. The number of aryl methyl sites for hydroxylation is 2. The summed E-state index contributed by atoms with van der Waals surface area (Å²) in [6.07, 6.45) is 2.17. The fourth-order valence-electron chi connectivity index (χ4n) is 5.11. The van der Waals surface area contributed by atoms with Gasteiger partial charge in [-0.05, 0) is 62.3 Å². The number of aromatic nitrogens is 3. The molecule has 35 heavy (non-hydrogen) atoms. The molecular formula is C26H27F2N5O2. The van der Waals surface area contributed by atoms with E-state index in [1.807, 2.05) is 35.2 Å². The third kappa shape index (κ3) is 4.19. The summed E-state index contributed by atoms with van der Waals surface area (Å²) in [5.74, 6) is -2.40. The van der Waals surface area contributed by atoms with E-state index in [1.165, 1.54) is 22.7 Å². The van der Waals surface area contributed by atoms with Crippen molar-refractivity contribution < 1.29 is 18.4 Å². The number of carbonyl (C=O) groups excluding carboxylic acids is 2. The predicted octanol–water partition coefficient (Wildman–Crippen LogP) is 3.93. The van der Waals surface area contributed by atoms with Gasteiger partial charge in [0.25, 0.3) is 11.8 Å². The van der Waals surface area contributed by atoms with Gasteiger partial charge in [0.05, 0.1) is 11.4 Å². The van der Waals surface area contributed by atoms with Gasteiger partial charge in [-0.25, -0.2) is 8.78 Å². The van der Waals surface area contributed by atoms with Crippen LogP contribution in [0.25, 0.3) is 5.69 Å². The number of rotatable bonds is 3. The number of para-hydroxylation sites is 1. The van der Waals surface area contributed by atoms with Crippen molar-refractivity contribution in [3.63, 3.8) is 0 Å². The monoisotopic (exact) mass is 479 g/mol. The lowest BCUT2D eigenvalue weighted by atomic mass is 9.77. The van der Waals surface area contributed by atoms with Gasteiger partial charge >= 0.3 is 0 Å². The third-order valence-electron chi connectivity index (χ3n) is 7.31. The SMILES string of the molecule is Cc1ccc(F)c(C(=O)N2CCC3(CCN(C(=O)c4nn(-c5ccccc5)nc4C)C3)CC2)c1F. The quantitative estimate of drug-likeness (QED) is 0.571. The number of hydrogen-bond donors (Lipinski definition) is 0. The molecular weight excluding hydrogens is 452 g/mol. The van der Waals surface area contributed by atoms with Gasteiger partial charge < -0.3 is 9.80 Å². The molecule has 0 unspecified atom stereocenters. The lowest BCUT2D eigenvalue weighted by Crippen LogP contribution is -2.45. The van der Waals surface area contributed by atoms with Crippen molar-refractivity contribution in [2.24, 2.45) is 5.41 Å². The molecule has 3 heterocycles. The highest BCUT2D eigenvalue weighted by Gasteiger charge is 2.44. The molecule has 2 saturated heterocycles. The summed E-state index contributed by atoms with van der Waals surface area (Å²) >= 11 is 0. The zero-order valence-corrected chi connectivity index (χ0v) is 19.8. The standard InChI is InChI=1S/C26H27F2N5O2/c1-17-8-9-20(27)21(22(17)28)24(34)31-13-10-26(11-14-31)12-15-32(16-26)25(35)23-18(2)29-33(30-23)19-6-4-3-5-7-19/h3-9H,10-16H2,1-2H3. The maximum atomic E-state index is 14.5. The van der Waals surface area contributed by atoms with Gasteiger partial charge in [0.1, 0.15) is 17.2 Å². The third-order valence-corrected chi connectivity index (χ3v) is 7.31. The predicted molar refractivity (Wildman–Crippen MR) is 125 cm³/mol. The molecule has 0 radical (unpaired) electrons. The number of amides is 2. The van der Waals surface area contributed by atoms with Crippen molar-refractivity contribution >= 4 is 11.8 Å². The van der Waals surface area contributed by atoms with E-state index in [4.69, 9.17) is 0 Å². The Hall–Kier alpha value is -3.62. The maximum absolute atomic E-state index is 14.5. The van der Waals surface area contributed by atoms with Crippen molar-refractivity contribution in [3.05, 3.63) is 76.6 Å². The summed E-state index contributed by atoms with van der Waals surface area (Å²) in [6.45, 7) is 5.26. The highest BCUT2D eigenvalue weighted by atomic mass is 19.1. The van der Waals surface area contributed by atoms with Crippen molar-refractivity contribution in [2.45, 2.75) is 33.1 Å². The van der Waals surface area contributed by atoms with E-state index in [-0.39, 0.29) is 16.9 Å². The molecule has 5 rings (SSSR count). The minimum Gasteiger partial charge on any atom is -0.338 e. The van der Waals surface area contributed by atoms with Gasteiger partial charge in [0, 0.05) is 26.2 Å². The maximum Gasteiger partial charge on any atom is 0.276 e. The molecule has 0 saturated carbocycles. The molecule has 9 heteroatoms. The molecule has 0 N–H and O–H groups in total. The second kappa shape index (κ2) is 8.87. The van der Waals surface area contributed by atoms with Crippen LogP contribution in [-0.2, 0) is 0 Å².